The first kappa shape index (κ1) is 15.5. The lowest BCUT2D eigenvalue weighted by Gasteiger charge is -2.14. The van der Waals surface area contributed by atoms with Gasteiger partial charge in [-0.25, -0.2) is 10.1 Å². The van der Waals surface area contributed by atoms with Crippen LogP contribution < -0.4 is 5.06 Å². The number of hydrogen-bond donors (Lipinski definition) is 1. The van der Waals surface area contributed by atoms with Crippen LogP contribution in [0.5, 0.6) is 0 Å². The Hall–Kier alpha value is -1.88. The van der Waals surface area contributed by atoms with Gasteiger partial charge in [-0.15, -0.1) is 0 Å². The highest BCUT2D eigenvalue weighted by atomic mass is 35.5. The minimum atomic E-state index is -0.258. The van der Waals surface area contributed by atoms with Gasteiger partial charge in [-0.05, 0) is 35.9 Å². The van der Waals surface area contributed by atoms with E-state index in [0.717, 1.165) is 10.6 Å². The van der Waals surface area contributed by atoms with Crippen molar-refractivity contribution in [3.05, 3.63) is 64.3 Å². The molecule has 0 aliphatic heterocycles. The molecule has 108 valence electrons. The third kappa shape index (κ3) is 4.29. The Morgan fingerprint density at radius 1 is 1.19 bits per heavy atom. The lowest BCUT2D eigenvalue weighted by molar-refractivity contribution is -0.115. The zero-order valence-electron chi connectivity index (χ0n) is 11.1. The van der Waals surface area contributed by atoms with E-state index in [2.05, 4.69) is 4.99 Å². The first-order chi connectivity index (χ1) is 9.95. The average molecular weight is 323 g/mol. The molecule has 2 rings (SSSR count). The van der Waals surface area contributed by atoms with Crippen molar-refractivity contribution in [1.82, 2.24) is 0 Å². The first-order valence-corrected chi connectivity index (χ1v) is 6.82. The van der Waals surface area contributed by atoms with Gasteiger partial charge in [0.25, 0.3) is 0 Å². The summed E-state index contributed by atoms with van der Waals surface area (Å²) < 4.78 is 0. The molecule has 1 N–H and O–H groups in total. The number of hydroxylamine groups is 1. The highest BCUT2D eigenvalue weighted by Gasteiger charge is 2.06. The topological polar surface area (TPSA) is 52.9 Å². The molecule has 4 nitrogen and oxygen atoms in total. The summed E-state index contributed by atoms with van der Waals surface area (Å²) in [7, 11) is 0. The van der Waals surface area contributed by atoms with E-state index in [4.69, 9.17) is 23.2 Å². The molecule has 1 aliphatic carbocycles. The molecule has 1 aliphatic rings. The third-order valence-electron chi connectivity index (χ3n) is 2.62. The molecule has 0 saturated heterocycles. The third-order valence-corrected chi connectivity index (χ3v) is 3.36. The number of allylic oxidation sites excluding steroid dienone is 5. The normalized spacial score (nSPS) is 13.3. The van der Waals surface area contributed by atoms with Crippen molar-refractivity contribution in [3.8, 4) is 0 Å². The second-order valence-electron chi connectivity index (χ2n) is 4.29. The fraction of sp³-hybridized carbons (Fsp3) is 0.0667. The van der Waals surface area contributed by atoms with Crippen LogP contribution >= 0.6 is 23.2 Å². The van der Waals surface area contributed by atoms with Crippen LogP contribution in [0.15, 0.2) is 59.3 Å². The molecular weight excluding hydrogens is 311 g/mol. The predicted octanol–water partition coefficient (Wildman–Crippen LogP) is 4.19. The Balaban J connectivity index is 2.16. The van der Waals surface area contributed by atoms with E-state index in [1.54, 1.807) is 42.5 Å². The van der Waals surface area contributed by atoms with Gasteiger partial charge < -0.3 is 0 Å². The van der Waals surface area contributed by atoms with E-state index >= 15 is 0 Å². The van der Waals surface area contributed by atoms with Crippen molar-refractivity contribution < 1.29 is 10.0 Å². The Morgan fingerprint density at radius 2 is 1.86 bits per heavy atom. The fourth-order valence-electron chi connectivity index (χ4n) is 1.66. The Morgan fingerprint density at radius 3 is 2.43 bits per heavy atom. The maximum Gasteiger partial charge on any atom is 0.243 e. The van der Waals surface area contributed by atoms with Gasteiger partial charge in [-0.1, -0.05) is 35.4 Å². The zero-order chi connectivity index (χ0) is 15.4. The van der Waals surface area contributed by atoms with Crippen molar-refractivity contribution in [2.75, 3.05) is 5.06 Å². The summed E-state index contributed by atoms with van der Waals surface area (Å²) in [5.74, 6) is -0.258. The van der Waals surface area contributed by atoms with Gasteiger partial charge in [0, 0.05) is 13.1 Å². The monoisotopic (exact) mass is 322 g/mol. The van der Waals surface area contributed by atoms with E-state index in [0.29, 0.717) is 21.4 Å². The Kier molecular flexibility index (Phi) is 4.96. The summed E-state index contributed by atoms with van der Waals surface area (Å²) in [6.45, 7) is 1.39. The summed E-state index contributed by atoms with van der Waals surface area (Å²) in [5.41, 5.74) is 1.80. The lowest BCUT2D eigenvalue weighted by atomic mass is 10.1. The lowest BCUT2D eigenvalue weighted by Crippen LogP contribution is -2.10. The fourth-order valence-corrected chi connectivity index (χ4v) is 1.95. The molecule has 0 bridgehead atoms. The smallest absolute Gasteiger partial charge is 0.243 e. The molecule has 0 atom stereocenters. The number of nitrogens with zero attached hydrogens (tertiary/aromatic N) is 2. The van der Waals surface area contributed by atoms with Crippen molar-refractivity contribution in [2.24, 2.45) is 4.99 Å². The van der Waals surface area contributed by atoms with E-state index in [1.807, 2.05) is 0 Å². The SMILES string of the molecule is CC(=O)N=C1C=CC(=CN(O)c2ccc(Cl)c(Cl)c2)C=C1. The van der Waals surface area contributed by atoms with Gasteiger partial charge in [0.05, 0.1) is 21.4 Å². The number of halogens is 2. The molecule has 0 radical (unpaired) electrons. The van der Waals surface area contributed by atoms with Gasteiger partial charge in [0.2, 0.25) is 5.91 Å². The number of carbonyl (C=O) groups is 1. The molecular formula is C15H12Cl2N2O2. The van der Waals surface area contributed by atoms with E-state index in [-0.39, 0.29) is 5.91 Å². The second kappa shape index (κ2) is 6.72. The summed E-state index contributed by atoms with van der Waals surface area (Å²) in [5, 5.41) is 11.7. The van der Waals surface area contributed by atoms with Crippen LogP contribution in [-0.2, 0) is 4.79 Å². The number of amides is 1. The highest BCUT2D eigenvalue weighted by molar-refractivity contribution is 6.42. The van der Waals surface area contributed by atoms with E-state index in [1.165, 1.54) is 13.1 Å². The number of aliphatic imine (C=N–C) groups is 1. The predicted molar refractivity (Wildman–Crippen MR) is 85.2 cm³/mol. The molecule has 0 heterocycles. The molecule has 0 fully saturated rings. The van der Waals surface area contributed by atoms with Crippen LogP contribution in [0.2, 0.25) is 10.0 Å². The summed E-state index contributed by atoms with van der Waals surface area (Å²) in [6, 6.07) is 4.80. The van der Waals surface area contributed by atoms with Crippen molar-refractivity contribution in [1.29, 1.82) is 0 Å². The minimum absolute atomic E-state index is 0.258. The summed E-state index contributed by atoms with van der Waals surface area (Å²) in [4.78, 5) is 14.7. The van der Waals surface area contributed by atoms with Crippen LogP contribution in [0, 0.1) is 0 Å². The van der Waals surface area contributed by atoms with Crippen LogP contribution in [-0.4, -0.2) is 16.8 Å². The number of carbonyl (C=O) groups excluding carboxylic acids is 1. The molecule has 1 aromatic carbocycles. The molecule has 1 aromatic rings. The molecule has 0 spiro atoms. The van der Waals surface area contributed by atoms with Crippen LogP contribution in [0.3, 0.4) is 0 Å². The highest BCUT2D eigenvalue weighted by Crippen LogP contribution is 2.27. The molecule has 0 saturated carbocycles. The summed E-state index contributed by atoms with van der Waals surface area (Å²) in [6.07, 6.45) is 8.37. The van der Waals surface area contributed by atoms with Crippen LogP contribution in [0.25, 0.3) is 0 Å². The maximum absolute atomic E-state index is 10.9. The molecule has 0 aromatic heterocycles. The minimum Gasteiger partial charge on any atom is -0.284 e. The van der Waals surface area contributed by atoms with Crippen molar-refractivity contribution in [2.45, 2.75) is 6.92 Å². The quantitative estimate of drug-likeness (QED) is 0.831. The summed E-state index contributed by atoms with van der Waals surface area (Å²) >= 11 is 11.7. The van der Waals surface area contributed by atoms with Crippen LogP contribution in [0.4, 0.5) is 5.69 Å². The van der Waals surface area contributed by atoms with Crippen LogP contribution in [0.1, 0.15) is 6.92 Å². The largest absolute Gasteiger partial charge is 0.284 e. The molecule has 0 unspecified atom stereocenters. The number of benzene rings is 1. The molecule has 6 heteroatoms. The van der Waals surface area contributed by atoms with E-state index in [9.17, 15) is 10.0 Å². The number of rotatable bonds is 2. The standard InChI is InChI=1S/C15H12Cl2N2O2/c1-10(20)18-12-4-2-11(3-5-12)9-19(21)13-6-7-14(16)15(17)8-13/h2-9,21H,1H3. The van der Waals surface area contributed by atoms with E-state index < -0.39 is 0 Å². The number of hydrogen-bond acceptors (Lipinski definition) is 3. The van der Waals surface area contributed by atoms with Crippen molar-refractivity contribution in [3.63, 3.8) is 0 Å². The van der Waals surface area contributed by atoms with Gasteiger partial charge in [-0.2, -0.15) is 0 Å². The number of anilines is 1. The zero-order valence-corrected chi connectivity index (χ0v) is 12.6. The van der Waals surface area contributed by atoms with Gasteiger partial charge in [0.15, 0.2) is 0 Å². The molecule has 1 amide bonds. The van der Waals surface area contributed by atoms with Gasteiger partial charge in [0.1, 0.15) is 0 Å². The second-order valence-corrected chi connectivity index (χ2v) is 5.11. The van der Waals surface area contributed by atoms with Gasteiger partial charge in [-0.3, -0.25) is 10.0 Å². The Bertz CT molecular complexity index is 673. The first-order valence-electron chi connectivity index (χ1n) is 6.06. The van der Waals surface area contributed by atoms with Gasteiger partial charge >= 0.3 is 0 Å². The average Bonchev–Trinajstić information content (AvgIpc) is 2.43. The maximum atomic E-state index is 10.9. The van der Waals surface area contributed by atoms with Crippen molar-refractivity contribution >= 4 is 40.5 Å². The Labute approximate surface area is 132 Å². The molecule has 21 heavy (non-hydrogen) atoms.